The van der Waals surface area contributed by atoms with Crippen LogP contribution in [0.15, 0.2) is 101 Å². The average Bonchev–Trinajstić information content (AvgIpc) is 2.91. The molecule has 37 heavy (non-hydrogen) atoms. The molecule has 0 saturated heterocycles. The van der Waals surface area contributed by atoms with Gasteiger partial charge in [0.15, 0.2) is 5.78 Å². The zero-order valence-electron chi connectivity index (χ0n) is 20.8. The zero-order chi connectivity index (χ0) is 25.9. The Kier molecular flexibility index (Phi) is 6.91. The second-order valence-electron chi connectivity index (χ2n) is 9.41. The van der Waals surface area contributed by atoms with E-state index in [-0.39, 0.29) is 18.3 Å². The highest BCUT2D eigenvalue weighted by Crippen LogP contribution is 2.46. The number of Topliss-reactive ketones (excluding diaryl/α,β-unsaturated/α-hetero) is 1. The topological polar surface area (TPSA) is 64.6 Å². The molecule has 0 amide bonds. The molecule has 2 unspecified atom stereocenters. The van der Waals surface area contributed by atoms with Gasteiger partial charge in [0.1, 0.15) is 18.2 Å². The van der Waals surface area contributed by atoms with Crippen molar-refractivity contribution in [2.75, 3.05) is 7.11 Å². The Bertz CT molecular complexity index is 1390. The van der Waals surface area contributed by atoms with E-state index in [2.05, 4.69) is 5.32 Å². The first kappa shape index (κ1) is 24.5. The quantitative estimate of drug-likeness (QED) is 0.427. The predicted octanol–water partition coefficient (Wildman–Crippen LogP) is 5.94. The highest BCUT2D eigenvalue weighted by molar-refractivity contribution is 6.04. The lowest BCUT2D eigenvalue weighted by Crippen LogP contribution is -2.36. The highest BCUT2D eigenvalue weighted by atomic mass is 19.1. The first-order valence-electron chi connectivity index (χ1n) is 12.3. The Morgan fingerprint density at radius 2 is 1.73 bits per heavy atom. The van der Waals surface area contributed by atoms with E-state index in [1.165, 1.54) is 12.1 Å². The molecule has 2 aliphatic rings. The molecule has 0 saturated carbocycles. The highest BCUT2D eigenvalue weighted by Gasteiger charge is 2.41. The maximum absolute atomic E-state index is 14.3. The van der Waals surface area contributed by atoms with Crippen LogP contribution >= 0.6 is 0 Å². The van der Waals surface area contributed by atoms with Gasteiger partial charge in [-0.15, -0.1) is 0 Å². The lowest BCUT2D eigenvalue weighted by Gasteiger charge is -2.36. The third kappa shape index (κ3) is 5.05. The van der Waals surface area contributed by atoms with Gasteiger partial charge in [-0.2, -0.15) is 0 Å². The van der Waals surface area contributed by atoms with Gasteiger partial charge in [0.2, 0.25) is 0 Å². The van der Waals surface area contributed by atoms with Crippen LogP contribution < -0.4 is 10.1 Å². The van der Waals surface area contributed by atoms with Crippen LogP contribution in [0.3, 0.4) is 0 Å². The third-order valence-electron chi connectivity index (χ3n) is 7.03. The SMILES string of the molecule is COc1ccc(C2CC(=O)C3=C(C2)NC(C)=C(C(=O)OCc2ccccc2)C3c2cccc(F)c2)cc1. The van der Waals surface area contributed by atoms with Crippen molar-refractivity contribution in [2.45, 2.75) is 38.2 Å². The third-order valence-corrected chi connectivity index (χ3v) is 7.03. The minimum absolute atomic E-state index is 0.0165. The molecule has 1 aliphatic heterocycles. The number of esters is 1. The van der Waals surface area contributed by atoms with Gasteiger partial charge in [-0.3, -0.25) is 4.79 Å². The summed E-state index contributed by atoms with van der Waals surface area (Å²) in [7, 11) is 1.62. The summed E-state index contributed by atoms with van der Waals surface area (Å²) in [6.45, 7) is 1.91. The normalized spacial score (nSPS) is 19.3. The number of rotatable bonds is 6. The molecule has 5 nitrogen and oxygen atoms in total. The summed E-state index contributed by atoms with van der Waals surface area (Å²) in [6.07, 6.45) is 0.896. The molecule has 6 heteroatoms. The Balaban J connectivity index is 1.50. The van der Waals surface area contributed by atoms with E-state index < -0.39 is 17.7 Å². The molecule has 1 N–H and O–H groups in total. The van der Waals surface area contributed by atoms with Gasteiger partial charge in [0.05, 0.1) is 12.7 Å². The van der Waals surface area contributed by atoms with Gasteiger partial charge in [0.25, 0.3) is 0 Å². The molecule has 0 aromatic heterocycles. The Morgan fingerprint density at radius 1 is 0.973 bits per heavy atom. The Hall–Kier alpha value is -4.19. The number of ketones is 1. The van der Waals surface area contributed by atoms with Gasteiger partial charge in [-0.25, -0.2) is 9.18 Å². The molecule has 0 spiro atoms. The fourth-order valence-corrected chi connectivity index (χ4v) is 5.24. The van der Waals surface area contributed by atoms with Gasteiger partial charge in [-0.05, 0) is 60.2 Å². The molecule has 0 bridgehead atoms. The monoisotopic (exact) mass is 497 g/mol. The first-order valence-corrected chi connectivity index (χ1v) is 12.3. The smallest absolute Gasteiger partial charge is 0.337 e. The number of carbonyl (C=O) groups is 2. The number of hydrogen-bond donors (Lipinski definition) is 1. The van der Waals surface area contributed by atoms with Crippen molar-refractivity contribution in [1.29, 1.82) is 0 Å². The predicted molar refractivity (Wildman–Crippen MR) is 138 cm³/mol. The van der Waals surface area contributed by atoms with Crippen LogP contribution in [0.4, 0.5) is 4.39 Å². The zero-order valence-corrected chi connectivity index (χ0v) is 20.8. The molecule has 0 radical (unpaired) electrons. The number of ether oxygens (including phenoxy) is 2. The number of benzene rings is 3. The number of nitrogens with one attached hydrogen (secondary N) is 1. The van der Waals surface area contributed by atoms with Crippen LogP contribution in [0.1, 0.15) is 48.3 Å². The van der Waals surface area contributed by atoms with Crippen LogP contribution in [0.25, 0.3) is 0 Å². The maximum atomic E-state index is 14.3. The van der Waals surface area contributed by atoms with Crippen molar-refractivity contribution < 1.29 is 23.5 Å². The van der Waals surface area contributed by atoms with Crippen molar-refractivity contribution in [3.8, 4) is 5.75 Å². The van der Waals surface area contributed by atoms with Gasteiger partial charge in [0, 0.05) is 29.3 Å². The summed E-state index contributed by atoms with van der Waals surface area (Å²) in [5.74, 6) is -0.987. The summed E-state index contributed by atoms with van der Waals surface area (Å²) in [4.78, 5) is 27.1. The summed E-state index contributed by atoms with van der Waals surface area (Å²) in [6, 6.07) is 23.2. The van der Waals surface area contributed by atoms with Gasteiger partial charge in [-0.1, -0.05) is 54.6 Å². The van der Waals surface area contributed by atoms with Crippen LogP contribution in [-0.2, 0) is 20.9 Å². The van der Waals surface area contributed by atoms with Crippen LogP contribution in [0.5, 0.6) is 5.75 Å². The van der Waals surface area contributed by atoms with Gasteiger partial charge >= 0.3 is 5.97 Å². The van der Waals surface area contributed by atoms with E-state index in [4.69, 9.17) is 9.47 Å². The van der Waals surface area contributed by atoms with Crippen LogP contribution in [0.2, 0.25) is 0 Å². The van der Waals surface area contributed by atoms with E-state index >= 15 is 0 Å². The Morgan fingerprint density at radius 3 is 2.43 bits per heavy atom. The first-order chi connectivity index (χ1) is 17.9. The van der Waals surface area contributed by atoms with Crippen LogP contribution in [-0.4, -0.2) is 18.9 Å². The van der Waals surface area contributed by atoms with E-state index in [9.17, 15) is 14.0 Å². The second kappa shape index (κ2) is 10.4. The standard InChI is InChI=1S/C31H28FNO4/c1-19-28(31(35)37-18-20-7-4-3-5-8-20)29(22-9-6-10-24(32)15-22)30-26(33-19)16-23(17-27(30)34)21-11-13-25(36-2)14-12-21/h3-15,23,29,33H,16-18H2,1-2H3. The van der Waals surface area contributed by atoms with Crippen molar-refractivity contribution in [2.24, 2.45) is 0 Å². The van der Waals surface area contributed by atoms with Crippen LogP contribution in [0, 0.1) is 5.82 Å². The summed E-state index contributed by atoms with van der Waals surface area (Å²) in [5.41, 5.74) is 4.66. The summed E-state index contributed by atoms with van der Waals surface area (Å²) >= 11 is 0. The van der Waals surface area contributed by atoms with Crippen molar-refractivity contribution >= 4 is 11.8 Å². The van der Waals surface area contributed by atoms with E-state index in [1.807, 2.05) is 54.6 Å². The van der Waals surface area contributed by atoms with E-state index in [1.54, 1.807) is 26.2 Å². The second-order valence-corrected chi connectivity index (χ2v) is 9.41. The van der Waals surface area contributed by atoms with Gasteiger partial charge < -0.3 is 14.8 Å². The molecule has 1 aliphatic carbocycles. The average molecular weight is 498 g/mol. The summed E-state index contributed by atoms with van der Waals surface area (Å²) < 4.78 is 25.3. The summed E-state index contributed by atoms with van der Waals surface area (Å²) in [5, 5.41) is 3.33. The fraction of sp³-hybridized carbons (Fsp3) is 0.226. The number of hydrogen-bond acceptors (Lipinski definition) is 5. The molecular weight excluding hydrogens is 469 g/mol. The number of dihydropyridines is 1. The maximum Gasteiger partial charge on any atom is 0.337 e. The minimum atomic E-state index is -0.709. The molecule has 3 aromatic carbocycles. The molecular formula is C31H28FNO4. The Labute approximate surface area is 215 Å². The molecule has 5 rings (SSSR count). The largest absolute Gasteiger partial charge is 0.497 e. The lowest BCUT2D eigenvalue weighted by atomic mass is 9.71. The molecule has 188 valence electrons. The number of carbonyl (C=O) groups excluding carboxylic acids is 2. The van der Waals surface area contributed by atoms with E-state index in [0.717, 1.165) is 22.6 Å². The number of allylic oxidation sites excluding steroid dienone is 3. The molecule has 1 heterocycles. The molecule has 2 atom stereocenters. The van der Waals surface area contributed by atoms with Crippen molar-refractivity contribution in [3.63, 3.8) is 0 Å². The molecule has 0 fully saturated rings. The van der Waals surface area contributed by atoms with E-state index in [0.29, 0.717) is 35.2 Å². The van der Waals surface area contributed by atoms with Crippen molar-refractivity contribution in [3.05, 3.63) is 124 Å². The number of halogens is 1. The molecule has 3 aromatic rings. The fourth-order valence-electron chi connectivity index (χ4n) is 5.24. The van der Waals surface area contributed by atoms with Crippen molar-refractivity contribution in [1.82, 2.24) is 5.32 Å². The minimum Gasteiger partial charge on any atom is -0.497 e. The number of methoxy groups -OCH3 is 1. The lowest BCUT2D eigenvalue weighted by molar-refractivity contribution is -0.140.